The van der Waals surface area contributed by atoms with Gasteiger partial charge in [0.15, 0.2) is 11.5 Å². The second-order valence-corrected chi connectivity index (χ2v) is 7.30. The molecule has 0 saturated carbocycles. The van der Waals surface area contributed by atoms with Crippen LogP contribution in [0.3, 0.4) is 0 Å². The van der Waals surface area contributed by atoms with E-state index in [0.29, 0.717) is 16.3 Å². The van der Waals surface area contributed by atoms with E-state index in [0.717, 1.165) is 23.2 Å². The summed E-state index contributed by atoms with van der Waals surface area (Å²) in [5.41, 5.74) is 4.49. The molecule has 0 aliphatic heterocycles. The predicted octanol–water partition coefficient (Wildman–Crippen LogP) is 5.93. The highest BCUT2D eigenvalue weighted by Gasteiger charge is 2.10. The van der Waals surface area contributed by atoms with E-state index in [1.807, 2.05) is 5.38 Å². The number of methoxy groups -OCH3 is 1. The number of hydrogen-bond acceptors (Lipinski definition) is 5. The molecule has 0 fully saturated rings. The molecule has 0 amide bonds. The third kappa shape index (κ3) is 4.59. The van der Waals surface area contributed by atoms with Crippen LogP contribution in [0.1, 0.15) is 35.9 Å². The predicted molar refractivity (Wildman–Crippen MR) is 114 cm³/mol. The quantitative estimate of drug-likeness (QED) is 0.508. The van der Waals surface area contributed by atoms with Crippen LogP contribution in [0.15, 0.2) is 47.8 Å². The summed E-state index contributed by atoms with van der Waals surface area (Å²) in [4.78, 5) is 4.65. The first-order chi connectivity index (χ1) is 13.6. The van der Waals surface area contributed by atoms with Crippen molar-refractivity contribution in [2.24, 2.45) is 0 Å². The van der Waals surface area contributed by atoms with E-state index < -0.39 is 0 Å². The fourth-order valence-electron chi connectivity index (χ4n) is 2.85. The molecular formula is C23H22N2O2S. The van der Waals surface area contributed by atoms with Gasteiger partial charge in [-0.2, -0.15) is 5.26 Å². The van der Waals surface area contributed by atoms with E-state index in [1.165, 1.54) is 36.9 Å². The number of aryl methyl sites for hydroxylation is 1. The lowest BCUT2D eigenvalue weighted by molar-refractivity contribution is 0.373. The van der Waals surface area contributed by atoms with Crippen molar-refractivity contribution in [3.05, 3.63) is 64.0 Å². The Hall–Kier alpha value is -3.10. The van der Waals surface area contributed by atoms with E-state index in [9.17, 15) is 10.4 Å². The topological polar surface area (TPSA) is 66.1 Å². The van der Waals surface area contributed by atoms with Crippen LogP contribution in [-0.4, -0.2) is 17.2 Å². The van der Waals surface area contributed by atoms with E-state index in [2.05, 4.69) is 42.2 Å². The molecule has 4 nitrogen and oxygen atoms in total. The zero-order chi connectivity index (χ0) is 19.9. The van der Waals surface area contributed by atoms with Crippen molar-refractivity contribution in [3.63, 3.8) is 0 Å². The molecule has 142 valence electrons. The Morgan fingerprint density at radius 3 is 2.71 bits per heavy atom. The van der Waals surface area contributed by atoms with Gasteiger partial charge in [0.2, 0.25) is 0 Å². The Morgan fingerprint density at radius 1 is 1.25 bits per heavy atom. The van der Waals surface area contributed by atoms with Crippen LogP contribution < -0.4 is 4.74 Å². The van der Waals surface area contributed by atoms with E-state index >= 15 is 0 Å². The van der Waals surface area contributed by atoms with Gasteiger partial charge in [-0.1, -0.05) is 43.7 Å². The van der Waals surface area contributed by atoms with Crippen LogP contribution in [0.2, 0.25) is 0 Å². The number of allylic oxidation sites excluding steroid dienone is 1. The summed E-state index contributed by atoms with van der Waals surface area (Å²) in [6, 6.07) is 15.7. The summed E-state index contributed by atoms with van der Waals surface area (Å²) in [5.74, 6) is 0.436. The number of nitriles is 1. The summed E-state index contributed by atoms with van der Waals surface area (Å²) in [7, 11) is 1.49. The number of aromatic hydroxyl groups is 1. The van der Waals surface area contributed by atoms with Crippen molar-refractivity contribution in [1.82, 2.24) is 4.98 Å². The summed E-state index contributed by atoms with van der Waals surface area (Å²) < 4.78 is 5.13. The third-order valence-electron chi connectivity index (χ3n) is 4.44. The lowest BCUT2D eigenvalue weighted by Crippen LogP contribution is -1.87. The number of phenolic OH excluding ortho intramolecular Hbond substituents is 1. The molecule has 1 heterocycles. The number of ether oxygens (including phenoxy) is 1. The molecule has 28 heavy (non-hydrogen) atoms. The average molecular weight is 391 g/mol. The molecule has 3 aromatic rings. The van der Waals surface area contributed by atoms with Gasteiger partial charge in [0.05, 0.1) is 18.4 Å². The van der Waals surface area contributed by atoms with Crippen LogP contribution in [0.5, 0.6) is 11.5 Å². The van der Waals surface area contributed by atoms with Crippen molar-refractivity contribution < 1.29 is 9.84 Å². The zero-order valence-electron chi connectivity index (χ0n) is 16.0. The highest BCUT2D eigenvalue weighted by molar-refractivity contribution is 7.11. The summed E-state index contributed by atoms with van der Waals surface area (Å²) in [6.45, 7) is 2.19. The number of thiazole rings is 1. The first-order valence-corrected chi connectivity index (χ1v) is 10.1. The van der Waals surface area contributed by atoms with Crippen LogP contribution in [0.25, 0.3) is 22.9 Å². The van der Waals surface area contributed by atoms with E-state index in [-0.39, 0.29) is 5.75 Å². The summed E-state index contributed by atoms with van der Waals surface area (Å²) in [6.07, 6.45) is 5.22. The largest absolute Gasteiger partial charge is 0.504 e. The van der Waals surface area contributed by atoms with Crippen LogP contribution in [-0.2, 0) is 6.42 Å². The van der Waals surface area contributed by atoms with Crippen LogP contribution in [0.4, 0.5) is 0 Å². The molecule has 0 saturated heterocycles. The van der Waals surface area contributed by atoms with Crippen molar-refractivity contribution in [2.75, 3.05) is 7.11 Å². The second kappa shape index (κ2) is 9.20. The maximum absolute atomic E-state index is 9.72. The number of unbranched alkanes of at least 4 members (excludes halogenated alkanes) is 1. The number of aromatic nitrogens is 1. The molecule has 0 radical (unpaired) electrons. The second-order valence-electron chi connectivity index (χ2n) is 6.44. The van der Waals surface area contributed by atoms with Gasteiger partial charge in [-0.05, 0) is 42.2 Å². The molecule has 0 bridgehead atoms. The van der Waals surface area contributed by atoms with Crippen molar-refractivity contribution in [3.8, 4) is 28.8 Å². The SMILES string of the molecule is CCCCc1ccc(-c2csc(C(C#N)=Cc3ccc(O)c(OC)c3)n2)cc1. The van der Waals surface area contributed by atoms with Gasteiger partial charge in [-0.25, -0.2) is 4.98 Å². The molecule has 0 unspecified atom stereocenters. The molecule has 0 aliphatic rings. The fourth-order valence-corrected chi connectivity index (χ4v) is 3.64. The Labute approximate surface area is 169 Å². The Balaban J connectivity index is 1.84. The lowest BCUT2D eigenvalue weighted by atomic mass is 10.1. The van der Waals surface area contributed by atoms with Crippen molar-refractivity contribution in [1.29, 1.82) is 5.26 Å². The first kappa shape index (κ1) is 19.7. The monoisotopic (exact) mass is 390 g/mol. The fraction of sp³-hybridized carbons (Fsp3) is 0.217. The highest BCUT2D eigenvalue weighted by Crippen LogP contribution is 2.30. The maximum Gasteiger partial charge on any atom is 0.161 e. The third-order valence-corrected chi connectivity index (χ3v) is 5.31. The Kier molecular flexibility index (Phi) is 6.46. The standard InChI is InChI=1S/C23H22N2O2S/c1-3-4-5-16-6-9-18(10-7-16)20-15-28-23(25-20)19(14-24)12-17-8-11-21(26)22(13-17)27-2/h6-13,15,26H,3-5H2,1-2H3. The van der Waals surface area contributed by atoms with Crippen LogP contribution in [0, 0.1) is 11.3 Å². The van der Waals surface area contributed by atoms with Gasteiger partial charge < -0.3 is 9.84 Å². The number of rotatable bonds is 7. The number of phenols is 1. The first-order valence-electron chi connectivity index (χ1n) is 9.18. The molecular weight excluding hydrogens is 368 g/mol. The van der Waals surface area contributed by atoms with E-state index in [1.54, 1.807) is 24.3 Å². The molecule has 2 aromatic carbocycles. The Morgan fingerprint density at radius 2 is 2.04 bits per heavy atom. The van der Waals surface area contributed by atoms with Gasteiger partial charge in [0.25, 0.3) is 0 Å². The maximum atomic E-state index is 9.72. The molecule has 0 atom stereocenters. The average Bonchev–Trinajstić information content (AvgIpc) is 3.22. The van der Waals surface area contributed by atoms with Gasteiger partial charge in [0, 0.05) is 10.9 Å². The normalized spacial score (nSPS) is 11.2. The Bertz CT molecular complexity index is 1010. The van der Waals surface area contributed by atoms with Crippen molar-refractivity contribution in [2.45, 2.75) is 26.2 Å². The van der Waals surface area contributed by atoms with Gasteiger partial charge in [-0.3, -0.25) is 0 Å². The summed E-state index contributed by atoms with van der Waals surface area (Å²) in [5, 5.41) is 21.9. The van der Waals surface area contributed by atoms with Crippen LogP contribution >= 0.6 is 11.3 Å². The van der Waals surface area contributed by atoms with E-state index in [4.69, 9.17) is 4.74 Å². The summed E-state index contributed by atoms with van der Waals surface area (Å²) >= 11 is 1.44. The van der Waals surface area contributed by atoms with Gasteiger partial charge in [0.1, 0.15) is 11.1 Å². The lowest BCUT2D eigenvalue weighted by Gasteiger charge is -2.04. The minimum atomic E-state index is 0.0667. The zero-order valence-corrected chi connectivity index (χ0v) is 16.8. The molecule has 5 heteroatoms. The number of nitrogens with zero attached hydrogens (tertiary/aromatic N) is 2. The van der Waals surface area contributed by atoms with Crippen molar-refractivity contribution >= 4 is 23.0 Å². The molecule has 1 aromatic heterocycles. The molecule has 0 spiro atoms. The highest BCUT2D eigenvalue weighted by atomic mass is 32.1. The molecule has 1 N–H and O–H groups in total. The number of benzene rings is 2. The minimum Gasteiger partial charge on any atom is -0.504 e. The van der Waals surface area contributed by atoms with Gasteiger partial charge >= 0.3 is 0 Å². The number of hydrogen-bond donors (Lipinski definition) is 1. The molecule has 0 aliphatic carbocycles. The smallest absolute Gasteiger partial charge is 0.161 e. The minimum absolute atomic E-state index is 0.0667. The molecule has 3 rings (SSSR count). The van der Waals surface area contributed by atoms with Gasteiger partial charge in [-0.15, -0.1) is 11.3 Å².